The molecular weight excluding hydrogens is 342 g/mol. The van der Waals surface area contributed by atoms with E-state index in [2.05, 4.69) is 4.98 Å². The minimum Gasteiger partial charge on any atom is -0.478 e. The molecule has 1 N–H and O–H groups in total. The summed E-state index contributed by atoms with van der Waals surface area (Å²) in [6.07, 6.45) is 1.32. The van der Waals surface area contributed by atoms with Crippen molar-refractivity contribution in [2.75, 3.05) is 7.05 Å². The molecule has 1 amide bonds. The SMILES string of the molecule is Cc1oc(CN(C)C(=O)c2c(C)oc3ncn(C)c(=O)c23)cc1C(=O)O. The fourth-order valence-electron chi connectivity index (χ4n) is 2.78. The molecule has 0 saturated carbocycles. The van der Waals surface area contributed by atoms with Gasteiger partial charge in [0.2, 0.25) is 5.71 Å². The number of fused-ring (bicyclic) bond motifs is 1. The van der Waals surface area contributed by atoms with Crippen molar-refractivity contribution in [2.24, 2.45) is 7.05 Å². The molecule has 3 aromatic heterocycles. The van der Waals surface area contributed by atoms with Crippen molar-refractivity contribution in [3.63, 3.8) is 0 Å². The van der Waals surface area contributed by atoms with Crippen molar-refractivity contribution in [3.05, 3.63) is 51.2 Å². The second kappa shape index (κ2) is 6.17. The van der Waals surface area contributed by atoms with Crippen molar-refractivity contribution in [2.45, 2.75) is 20.4 Å². The van der Waals surface area contributed by atoms with Crippen molar-refractivity contribution in [1.82, 2.24) is 14.5 Å². The van der Waals surface area contributed by atoms with Crippen molar-refractivity contribution in [3.8, 4) is 0 Å². The molecule has 9 nitrogen and oxygen atoms in total. The molecule has 0 aliphatic carbocycles. The number of nitrogens with zero attached hydrogens (tertiary/aromatic N) is 3. The van der Waals surface area contributed by atoms with E-state index in [1.54, 1.807) is 6.92 Å². The van der Waals surface area contributed by atoms with E-state index in [0.29, 0.717) is 5.76 Å². The monoisotopic (exact) mass is 359 g/mol. The molecule has 0 aliphatic heterocycles. The molecule has 0 unspecified atom stereocenters. The lowest BCUT2D eigenvalue weighted by molar-refractivity contribution is 0.0694. The van der Waals surface area contributed by atoms with Gasteiger partial charge in [0.15, 0.2) is 0 Å². The van der Waals surface area contributed by atoms with Gasteiger partial charge in [-0.3, -0.25) is 9.59 Å². The third-order valence-corrected chi connectivity index (χ3v) is 4.10. The third-order valence-electron chi connectivity index (χ3n) is 4.10. The molecular formula is C17H17N3O6. The summed E-state index contributed by atoms with van der Waals surface area (Å²) in [6, 6.07) is 1.38. The molecule has 0 aliphatic rings. The van der Waals surface area contributed by atoms with Crippen LogP contribution in [-0.4, -0.2) is 38.5 Å². The second-order valence-electron chi connectivity index (χ2n) is 6.02. The largest absolute Gasteiger partial charge is 0.478 e. The number of carbonyl (C=O) groups is 2. The van der Waals surface area contributed by atoms with Crippen LogP contribution >= 0.6 is 0 Å². The topological polar surface area (TPSA) is 119 Å². The highest BCUT2D eigenvalue weighted by molar-refractivity contribution is 6.06. The van der Waals surface area contributed by atoms with Gasteiger partial charge in [0.1, 0.15) is 34.6 Å². The second-order valence-corrected chi connectivity index (χ2v) is 6.02. The molecule has 9 heteroatoms. The first-order chi connectivity index (χ1) is 12.2. The highest BCUT2D eigenvalue weighted by atomic mass is 16.4. The molecule has 0 saturated heterocycles. The van der Waals surface area contributed by atoms with E-state index in [1.807, 2.05) is 0 Å². The quantitative estimate of drug-likeness (QED) is 0.753. The van der Waals surface area contributed by atoms with Crippen LogP contribution in [0, 0.1) is 13.8 Å². The molecule has 26 heavy (non-hydrogen) atoms. The number of carboxylic acid groups (broad SMARTS) is 1. The molecule has 0 fully saturated rings. The predicted molar refractivity (Wildman–Crippen MR) is 90.2 cm³/mol. The van der Waals surface area contributed by atoms with Crippen LogP contribution in [0.4, 0.5) is 0 Å². The van der Waals surface area contributed by atoms with Gasteiger partial charge in [0.05, 0.1) is 12.1 Å². The van der Waals surface area contributed by atoms with Crippen LogP contribution in [0.15, 0.2) is 26.0 Å². The first-order valence-electron chi connectivity index (χ1n) is 7.73. The van der Waals surface area contributed by atoms with Crippen molar-refractivity contribution in [1.29, 1.82) is 0 Å². The maximum absolute atomic E-state index is 12.9. The van der Waals surface area contributed by atoms with E-state index in [4.69, 9.17) is 13.9 Å². The number of rotatable bonds is 4. The summed E-state index contributed by atoms with van der Waals surface area (Å²) in [5.74, 6) is -0.673. The number of hydrogen-bond acceptors (Lipinski definition) is 6. The number of furan rings is 2. The van der Waals surface area contributed by atoms with Crippen LogP contribution < -0.4 is 5.56 Å². The number of carboxylic acids is 1. The number of hydrogen-bond donors (Lipinski definition) is 1. The van der Waals surface area contributed by atoms with E-state index in [9.17, 15) is 14.4 Å². The molecule has 136 valence electrons. The summed E-state index contributed by atoms with van der Waals surface area (Å²) in [5, 5.41) is 9.20. The molecule has 3 rings (SSSR count). The number of aromatic carboxylic acids is 1. The minimum absolute atomic E-state index is 0.0413. The Bertz CT molecular complexity index is 1090. The van der Waals surface area contributed by atoms with Crippen LogP contribution in [0.2, 0.25) is 0 Å². The predicted octanol–water partition coefficient (Wildman–Crippen LogP) is 1.71. The zero-order chi connectivity index (χ0) is 19.2. The molecule has 0 atom stereocenters. The average molecular weight is 359 g/mol. The lowest BCUT2D eigenvalue weighted by Crippen LogP contribution is -2.28. The lowest BCUT2D eigenvalue weighted by atomic mass is 10.1. The Balaban J connectivity index is 1.97. The van der Waals surface area contributed by atoms with E-state index in [0.717, 1.165) is 0 Å². The van der Waals surface area contributed by atoms with Crippen LogP contribution in [0.25, 0.3) is 11.1 Å². The van der Waals surface area contributed by atoms with E-state index >= 15 is 0 Å². The molecule has 0 radical (unpaired) electrons. The highest BCUT2D eigenvalue weighted by Gasteiger charge is 2.26. The lowest BCUT2D eigenvalue weighted by Gasteiger charge is -2.15. The van der Waals surface area contributed by atoms with Gasteiger partial charge in [0, 0.05) is 14.1 Å². The Morgan fingerprint density at radius 3 is 2.58 bits per heavy atom. The van der Waals surface area contributed by atoms with E-state index < -0.39 is 11.9 Å². The zero-order valence-corrected chi connectivity index (χ0v) is 14.7. The third kappa shape index (κ3) is 2.77. The highest BCUT2D eigenvalue weighted by Crippen LogP contribution is 2.23. The van der Waals surface area contributed by atoms with Crippen molar-refractivity contribution >= 4 is 23.0 Å². The number of aryl methyl sites for hydroxylation is 3. The maximum Gasteiger partial charge on any atom is 0.339 e. The number of aromatic nitrogens is 2. The summed E-state index contributed by atoms with van der Waals surface area (Å²) >= 11 is 0. The fourth-order valence-corrected chi connectivity index (χ4v) is 2.78. The van der Waals surface area contributed by atoms with E-state index in [-0.39, 0.29) is 45.9 Å². The molecule has 0 aromatic carbocycles. The smallest absolute Gasteiger partial charge is 0.339 e. The van der Waals surface area contributed by atoms with Crippen molar-refractivity contribution < 1.29 is 23.5 Å². The molecule has 0 spiro atoms. The Kier molecular flexibility index (Phi) is 4.15. The van der Waals surface area contributed by atoms with Crippen LogP contribution in [-0.2, 0) is 13.6 Å². The van der Waals surface area contributed by atoms with Gasteiger partial charge >= 0.3 is 5.97 Å². The minimum atomic E-state index is -1.10. The van der Waals surface area contributed by atoms with Gasteiger partial charge in [0.25, 0.3) is 11.5 Å². The van der Waals surface area contributed by atoms with Gasteiger partial charge in [-0.15, -0.1) is 0 Å². The summed E-state index contributed by atoms with van der Waals surface area (Å²) in [5.41, 5.74) is -0.100. The number of amides is 1. The van der Waals surface area contributed by atoms with Gasteiger partial charge in [-0.1, -0.05) is 0 Å². The summed E-state index contributed by atoms with van der Waals surface area (Å²) in [6.45, 7) is 3.17. The Morgan fingerprint density at radius 1 is 1.27 bits per heavy atom. The molecule has 3 aromatic rings. The summed E-state index contributed by atoms with van der Waals surface area (Å²) in [7, 11) is 3.06. The Hall–Kier alpha value is -3.36. The summed E-state index contributed by atoms with van der Waals surface area (Å²) in [4.78, 5) is 41.7. The van der Waals surface area contributed by atoms with Crippen LogP contribution in [0.5, 0.6) is 0 Å². The van der Waals surface area contributed by atoms with Gasteiger partial charge in [-0.2, -0.15) is 0 Å². The average Bonchev–Trinajstić information content (AvgIpc) is 3.10. The number of carbonyl (C=O) groups excluding carboxylic acids is 1. The van der Waals surface area contributed by atoms with Gasteiger partial charge in [-0.25, -0.2) is 9.78 Å². The Labute approximate surface area is 147 Å². The van der Waals surface area contributed by atoms with Crippen LogP contribution in [0.1, 0.15) is 38.0 Å². The first kappa shape index (κ1) is 17.5. The summed E-state index contributed by atoms with van der Waals surface area (Å²) < 4.78 is 12.1. The first-order valence-corrected chi connectivity index (χ1v) is 7.73. The van der Waals surface area contributed by atoms with Crippen LogP contribution in [0.3, 0.4) is 0 Å². The standard InChI is InChI=1S/C17H17N3O6/c1-8-11(17(23)24)5-10(25-8)6-19(3)15(21)12-9(2)26-14-13(12)16(22)20(4)7-18-14/h5,7H,6H2,1-4H3,(H,23,24). The fraction of sp³-hybridized carbons (Fsp3) is 0.294. The van der Waals surface area contributed by atoms with Gasteiger partial charge < -0.3 is 23.4 Å². The maximum atomic E-state index is 12.9. The molecule has 3 heterocycles. The normalized spacial score (nSPS) is 11.1. The molecule has 0 bridgehead atoms. The zero-order valence-electron chi connectivity index (χ0n) is 14.7. The Morgan fingerprint density at radius 2 is 1.96 bits per heavy atom. The van der Waals surface area contributed by atoms with Gasteiger partial charge in [-0.05, 0) is 19.9 Å². The van der Waals surface area contributed by atoms with E-state index in [1.165, 1.54) is 42.9 Å².